The molecule has 1 aromatic heterocycles. The zero-order valence-corrected chi connectivity index (χ0v) is 10.1. The standard InChI is InChI=1S/C14H20N2/c1-2-14(9-4-10-14)16-13-8-7-11-5-3-6-12(11)15-13/h7-8H,2-6,9-10H2,1H3,(H,15,16). The maximum atomic E-state index is 4.76. The Hall–Kier alpha value is -1.05. The van der Waals surface area contributed by atoms with Crippen LogP contribution < -0.4 is 5.32 Å². The number of rotatable bonds is 3. The number of fused-ring (bicyclic) bond motifs is 1. The third-order valence-electron chi connectivity index (χ3n) is 4.31. The molecule has 3 rings (SSSR count). The number of hydrogen-bond donors (Lipinski definition) is 1. The van der Waals surface area contributed by atoms with E-state index in [0.717, 1.165) is 5.82 Å². The van der Waals surface area contributed by atoms with E-state index in [1.54, 1.807) is 0 Å². The first-order valence-corrected chi connectivity index (χ1v) is 6.58. The second-order valence-corrected chi connectivity index (χ2v) is 5.27. The Morgan fingerprint density at radius 3 is 2.81 bits per heavy atom. The van der Waals surface area contributed by atoms with Gasteiger partial charge in [-0.3, -0.25) is 0 Å². The summed E-state index contributed by atoms with van der Waals surface area (Å²) in [7, 11) is 0. The quantitative estimate of drug-likeness (QED) is 0.838. The lowest BCUT2D eigenvalue weighted by Crippen LogP contribution is -2.44. The fraction of sp³-hybridized carbons (Fsp3) is 0.643. The highest BCUT2D eigenvalue weighted by Gasteiger charge is 2.35. The molecule has 2 heteroatoms. The highest BCUT2D eigenvalue weighted by Crippen LogP contribution is 2.37. The summed E-state index contributed by atoms with van der Waals surface area (Å²) in [5, 5.41) is 3.66. The van der Waals surface area contributed by atoms with E-state index in [-0.39, 0.29) is 0 Å². The van der Waals surface area contributed by atoms with Crippen molar-refractivity contribution in [3.63, 3.8) is 0 Å². The molecule has 1 heterocycles. The predicted molar refractivity (Wildman–Crippen MR) is 66.8 cm³/mol. The summed E-state index contributed by atoms with van der Waals surface area (Å²) in [4.78, 5) is 4.76. The second-order valence-electron chi connectivity index (χ2n) is 5.27. The van der Waals surface area contributed by atoms with Crippen molar-refractivity contribution in [2.75, 3.05) is 5.32 Å². The average Bonchev–Trinajstić information content (AvgIpc) is 2.70. The lowest BCUT2D eigenvalue weighted by Gasteiger charge is -2.42. The van der Waals surface area contributed by atoms with Gasteiger partial charge in [-0.1, -0.05) is 13.0 Å². The molecule has 2 nitrogen and oxygen atoms in total. The van der Waals surface area contributed by atoms with Crippen LogP contribution in [0.15, 0.2) is 12.1 Å². The zero-order valence-electron chi connectivity index (χ0n) is 10.1. The summed E-state index contributed by atoms with van der Waals surface area (Å²) in [5.74, 6) is 1.10. The van der Waals surface area contributed by atoms with Crippen LogP contribution in [0.1, 0.15) is 50.3 Å². The zero-order chi connectivity index (χ0) is 11.0. The minimum atomic E-state index is 0.361. The molecular formula is C14H20N2. The molecule has 0 radical (unpaired) electrons. The van der Waals surface area contributed by atoms with Gasteiger partial charge in [0.2, 0.25) is 0 Å². The van der Waals surface area contributed by atoms with E-state index < -0.39 is 0 Å². The van der Waals surface area contributed by atoms with Gasteiger partial charge in [-0.05, 0) is 56.6 Å². The van der Waals surface area contributed by atoms with Crippen molar-refractivity contribution in [1.29, 1.82) is 0 Å². The average molecular weight is 216 g/mol. The van der Waals surface area contributed by atoms with E-state index in [9.17, 15) is 0 Å². The van der Waals surface area contributed by atoms with Gasteiger partial charge in [0, 0.05) is 11.2 Å². The summed E-state index contributed by atoms with van der Waals surface area (Å²) in [6, 6.07) is 4.43. The highest BCUT2D eigenvalue weighted by atomic mass is 15.1. The summed E-state index contributed by atoms with van der Waals surface area (Å²) >= 11 is 0. The normalized spacial score (nSPS) is 21.3. The van der Waals surface area contributed by atoms with Crippen LogP contribution in [0.2, 0.25) is 0 Å². The number of nitrogens with zero attached hydrogens (tertiary/aromatic N) is 1. The first-order valence-electron chi connectivity index (χ1n) is 6.58. The van der Waals surface area contributed by atoms with Crippen LogP contribution in [0.3, 0.4) is 0 Å². The van der Waals surface area contributed by atoms with Gasteiger partial charge in [0.15, 0.2) is 0 Å². The van der Waals surface area contributed by atoms with Crippen LogP contribution >= 0.6 is 0 Å². The Bertz CT molecular complexity index is 388. The summed E-state index contributed by atoms with van der Waals surface area (Å²) in [5.41, 5.74) is 3.15. The summed E-state index contributed by atoms with van der Waals surface area (Å²) < 4.78 is 0. The first-order chi connectivity index (χ1) is 7.81. The number of hydrogen-bond acceptors (Lipinski definition) is 2. The molecule has 0 amide bonds. The van der Waals surface area contributed by atoms with E-state index >= 15 is 0 Å². The Morgan fingerprint density at radius 1 is 1.25 bits per heavy atom. The fourth-order valence-corrected chi connectivity index (χ4v) is 2.93. The van der Waals surface area contributed by atoms with Gasteiger partial charge >= 0.3 is 0 Å². The number of aryl methyl sites for hydroxylation is 2. The third kappa shape index (κ3) is 1.60. The molecule has 0 atom stereocenters. The highest BCUT2D eigenvalue weighted by molar-refractivity contribution is 5.43. The third-order valence-corrected chi connectivity index (χ3v) is 4.31. The molecule has 1 fully saturated rings. The Balaban J connectivity index is 1.80. The van der Waals surface area contributed by atoms with Crippen molar-refractivity contribution >= 4 is 5.82 Å². The Kier molecular flexibility index (Phi) is 2.38. The molecule has 0 saturated heterocycles. The van der Waals surface area contributed by atoms with E-state index in [1.165, 1.54) is 56.2 Å². The maximum Gasteiger partial charge on any atom is 0.126 e. The van der Waals surface area contributed by atoms with Crippen LogP contribution in [0.5, 0.6) is 0 Å². The lowest BCUT2D eigenvalue weighted by atomic mass is 9.75. The van der Waals surface area contributed by atoms with Crippen LogP contribution in [0.4, 0.5) is 5.82 Å². The molecule has 2 aliphatic carbocycles. The van der Waals surface area contributed by atoms with Gasteiger partial charge in [0.05, 0.1) is 0 Å². The van der Waals surface area contributed by atoms with E-state index in [4.69, 9.17) is 4.98 Å². The predicted octanol–water partition coefficient (Wildman–Crippen LogP) is 3.31. The van der Waals surface area contributed by atoms with Crippen LogP contribution in [0.25, 0.3) is 0 Å². The van der Waals surface area contributed by atoms with Crippen LogP contribution in [-0.2, 0) is 12.8 Å². The van der Waals surface area contributed by atoms with Gasteiger partial charge in [0.1, 0.15) is 5.82 Å². The van der Waals surface area contributed by atoms with Gasteiger partial charge in [0.25, 0.3) is 0 Å². The van der Waals surface area contributed by atoms with Crippen LogP contribution in [-0.4, -0.2) is 10.5 Å². The SMILES string of the molecule is CCC1(Nc2ccc3c(n2)CCC3)CCC1. The van der Waals surface area contributed by atoms with Crippen molar-refractivity contribution in [3.05, 3.63) is 23.4 Å². The van der Waals surface area contributed by atoms with Crippen molar-refractivity contribution in [3.8, 4) is 0 Å². The molecule has 1 saturated carbocycles. The second kappa shape index (κ2) is 3.76. The lowest BCUT2D eigenvalue weighted by molar-refractivity contribution is 0.269. The van der Waals surface area contributed by atoms with Crippen molar-refractivity contribution < 1.29 is 0 Å². The van der Waals surface area contributed by atoms with Gasteiger partial charge in [-0.25, -0.2) is 4.98 Å². The fourth-order valence-electron chi connectivity index (χ4n) is 2.93. The van der Waals surface area contributed by atoms with Crippen molar-refractivity contribution in [2.24, 2.45) is 0 Å². The van der Waals surface area contributed by atoms with Gasteiger partial charge in [-0.2, -0.15) is 0 Å². The monoisotopic (exact) mass is 216 g/mol. The number of pyridine rings is 1. The van der Waals surface area contributed by atoms with Gasteiger partial charge in [-0.15, -0.1) is 0 Å². The molecule has 0 spiro atoms. The van der Waals surface area contributed by atoms with E-state index in [2.05, 4.69) is 24.4 Å². The smallest absolute Gasteiger partial charge is 0.126 e. The molecule has 0 bridgehead atoms. The Morgan fingerprint density at radius 2 is 2.12 bits per heavy atom. The molecule has 86 valence electrons. The number of aromatic nitrogens is 1. The Labute approximate surface area is 97.5 Å². The molecule has 1 N–H and O–H groups in total. The van der Waals surface area contributed by atoms with Crippen LogP contribution in [0, 0.1) is 0 Å². The topological polar surface area (TPSA) is 24.9 Å². The first kappa shape index (κ1) is 10.1. The molecule has 0 aromatic carbocycles. The summed E-state index contributed by atoms with van der Waals surface area (Å²) in [6.07, 6.45) is 8.87. The van der Waals surface area contributed by atoms with Gasteiger partial charge < -0.3 is 5.32 Å². The molecule has 2 aliphatic rings. The molecule has 0 aliphatic heterocycles. The largest absolute Gasteiger partial charge is 0.365 e. The molecule has 1 aromatic rings. The minimum Gasteiger partial charge on any atom is -0.365 e. The maximum absolute atomic E-state index is 4.76. The van der Waals surface area contributed by atoms with Crippen molar-refractivity contribution in [2.45, 2.75) is 57.4 Å². The number of nitrogens with one attached hydrogen (secondary N) is 1. The van der Waals surface area contributed by atoms with Crippen molar-refractivity contribution in [1.82, 2.24) is 4.98 Å². The summed E-state index contributed by atoms with van der Waals surface area (Å²) in [6.45, 7) is 2.28. The minimum absolute atomic E-state index is 0.361. The molecule has 16 heavy (non-hydrogen) atoms. The van der Waals surface area contributed by atoms with E-state index in [1.807, 2.05) is 0 Å². The van der Waals surface area contributed by atoms with E-state index in [0.29, 0.717) is 5.54 Å². The molecular weight excluding hydrogens is 196 g/mol. The molecule has 0 unspecified atom stereocenters. The number of anilines is 1.